The Labute approximate surface area is 183 Å². The molecule has 3 rings (SSSR count). The maximum Gasteiger partial charge on any atom is 0.416 e. The Balaban J connectivity index is 1.52. The van der Waals surface area contributed by atoms with E-state index in [9.17, 15) is 22.8 Å². The number of hydrogen-bond donors (Lipinski definition) is 3. The van der Waals surface area contributed by atoms with Crippen LogP contribution in [-0.2, 0) is 24.1 Å². The van der Waals surface area contributed by atoms with Crippen molar-refractivity contribution in [3.63, 3.8) is 0 Å². The lowest BCUT2D eigenvalue weighted by molar-refractivity contribution is -0.137. The summed E-state index contributed by atoms with van der Waals surface area (Å²) < 4.78 is 38.5. The van der Waals surface area contributed by atoms with E-state index < -0.39 is 11.7 Å². The number of rotatable bonds is 5. The fraction of sp³-hybridized carbons (Fsp3) is 0.318. The first kappa shape index (κ1) is 23.1. The number of nitrogens with zero attached hydrogens (tertiary/aromatic N) is 2. The molecule has 1 aliphatic heterocycles. The van der Waals surface area contributed by atoms with Crippen LogP contribution >= 0.6 is 0 Å². The molecule has 170 valence electrons. The van der Waals surface area contributed by atoms with Crippen LogP contribution < -0.4 is 16.0 Å². The lowest BCUT2D eigenvalue weighted by Crippen LogP contribution is -2.49. The maximum absolute atomic E-state index is 12.8. The SMILES string of the molecule is CN=C(NCc1ccc(C(=O)N2CCNC(=O)C2)cc1)NCc1cccc(C(F)(F)F)c1. The minimum atomic E-state index is -4.39. The van der Waals surface area contributed by atoms with E-state index in [-0.39, 0.29) is 24.9 Å². The number of amides is 2. The molecule has 10 heteroatoms. The molecule has 1 heterocycles. The number of alkyl halides is 3. The van der Waals surface area contributed by atoms with E-state index in [2.05, 4.69) is 20.9 Å². The Hall–Kier alpha value is -3.56. The summed E-state index contributed by atoms with van der Waals surface area (Å²) in [4.78, 5) is 29.6. The molecule has 0 bridgehead atoms. The first-order valence-electron chi connectivity index (χ1n) is 10.0. The summed E-state index contributed by atoms with van der Waals surface area (Å²) in [5.74, 6) is 0.0641. The molecule has 1 fully saturated rings. The van der Waals surface area contributed by atoms with Crippen LogP contribution in [0.15, 0.2) is 53.5 Å². The first-order valence-corrected chi connectivity index (χ1v) is 10.0. The second-order valence-electron chi connectivity index (χ2n) is 7.25. The average Bonchev–Trinajstić information content (AvgIpc) is 2.79. The van der Waals surface area contributed by atoms with Gasteiger partial charge in [-0.05, 0) is 35.4 Å². The van der Waals surface area contributed by atoms with Gasteiger partial charge in [-0.25, -0.2) is 0 Å². The third-order valence-corrected chi connectivity index (χ3v) is 4.92. The zero-order chi connectivity index (χ0) is 23.1. The van der Waals surface area contributed by atoms with Crippen LogP contribution in [-0.4, -0.2) is 49.4 Å². The second kappa shape index (κ2) is 10.2. The van der Waals surface area contributed by atoms with Crippen molar-refractivity contribution in [3.05, 3.63) is 70.8 Å². The molecule has 0 saturated carbocycles. The standard InChI is InChI=1S/C22H24F3N5O2/c1-26-21(29-13-16-3-2-4-18(11-16)22(23,24)25)28-12-15-5-7-17(8-6-15)20(32)30-10-9-27-19(31)14-30/h2-8,11H,9-10,12-14H2,1H3,(H,27,31)(H2,26,28,29). The maximum atomic E-state index is 12.8. The van der Waals surface area contributed by atoms with Crippen molar-refractivity contribution < 1.29 is 22.8 Å². The molecule has 0 unspecified atom stereocenters. The molecular formula is C22H24F3N5O2. The lowest BCUT2D eigenvalue weighted by Gasteiger charge is -2.26. The minimum Gasteiger partial charge on any atom is -0.353 e. The second-order valence-corrected chi connectivity index (χ2v) is 7.25. The third kappa shape index (κ3) is 6.22. The molecule has 2 amide bonds. The Morgan fingerprint density at radius 3 is 2.41 bits per heavy atom. The third-order valence-electron chi connectivity index (χ3n) is 4.92. The van der Waals surface area contributed by atoms with Gasteiger partial charge < -0.3 is 20.9 Å². The van der Waals surface area contributed by atoms with Gasteiger partial charge in [-0.15, -0.1) is 0 Å². The van der Waals surface area contributed by atoms with Gasteiger partial charge in [0.25, 0.3) is 5.91 Å². The van der Waals surface area contributed by atoms with Gasteiger partial charge in [0.1, 0.15) is 0 Å². The molecule has 7 nitrogen and oxygen atoms in total. The Morgan fingerprint density at radius 2 is 1.78 bits per heavy atom. The van der Waals surface area contributed by atoms with Crippen LogP contribution in [0.2, 0.25) is 0 Å². The molecule has 3 N–H and O–H groups in total. The number of piperazine rings is 1. The Kier molecular flexibility index (Phi) is 7.34. The van der Waals surface area contributed by atoms with E-state index in [1.165, 1.54) is 11.0 Å². The largest absolute Gasteiger partial charge is 0.416 e. The van der Waals surface area contributed by atoms with Crippen LogP contribution in [0.5, 0.6) is 0 Å². The first-order chi connectivity index (χ1) is 15.3. The molecule has 0 aromatic heterocycles. The molecule has 0 aliphatic carbocycles. The van der Waals surface area contributed by atoms with Crippen LogP contribution in [0, 0.1) is 0 Å². The highest BCUT2D eigenvalue weighted by molar-refractivity contribution is 5.97. The molecule has 0 radical (unpaired) electrons. The van der Waals surface area contributed by atoms with Crippen molar-refractivity contribution in [2.24, 2.45) is 4.99 Å². The van der Waals surface area contributed by atoms with Gasteiger partial charge in [0.15, 0.2) is 5.96 Å². The number of aliphatic imine (C=N–C) groups is 1. The molecule has 2 aromatic carbocycles. The van der Waals surface area contributed by atoms with E-state index in [0.29, 0.717) is 36.7 Å². The average molecular weight is 447 g/mol. The Morgan fingerprint density at radius 1 is 1.09 bits per heavy atom. The summed E-state index contributed by atoms with van der Waals surface area (Å²) in [7, 11) is 1.57. The number of guanidine groups is 1. The monoisotopic (exact) mass is 447 g/mol. The van der Waals surface area contributed by atoms with Gasteiger partial charge in [0.05, 0.1) is 12.1 Å². The predicted molar refractivity (Wildman–Crippen MR) is 114 cm³/mol. The van der Waals surface area contributed by atoms with Gasteiger partial charge >= 0.3 is 6.18 Å². The van der Waals surface area contributed by atoms with Gasteiger partial charge in [0.2, 0.25) is 5.91 Å². The highest BCUT2D eigenvalue weighted by atomic mass is 19.4. The van der Waals surface area contributed by atoms with E-state index in [4.69, 9.17) is 0 Å². The van der Waals surface area contributed by atoms with Crippen molar-refractivity contribution in [2.45, 2.75) is 19.3 Å². The van der Waals surface area contributed by atoms with Crippen molar-refractivity contribution in [1.29, 1.82) is 0 Å². The highest BCUT2D eigenvalue weighted by Crippen LogP contribution is 2.29. The summed E-state index contributed by atoms with van der Waals surface area (Å²) >= 11 is 0. The molecule has 32 heavy (non-hydrogen) atoms. The van der Waals surface area contributed by atoms with Crippen LogP contribution in [0.1, 0.15) is 27.0 Å². The Bertz CT molecular complexity index is 990. The van der Waals surface area contributed by atoms with Gasteiger partial charge in [-0.3, -0.25) is 14.6 Å². The van der Waals surface area contributed by atoms with Gasteiger partial charge in [-0.1, -0.05) is 24.3 Å². The van der Waals surface area contributed by atoms with Crippen molar-refractivity contribution in [3.8, 4) is 0 Å². The van der Waals surface area contributed by atoms with Crippen LogP contribution in [0.3, 0.4) is 0 Å². The normalized spacial score (nSPS) is 14.7. The highest BCUT2D eigenvalue weighted by Gasteiger charge is 2.30. The molecule has 0 atom stereocenters. The summed E-state index contributed by atoms with van der Waals surface area (Å²) in [6.07, 6.45) is -4.39. The topological polar surface area (TPSA) is 85.8 Å². The minimum absolute atomic E-state index is 0.0516. The molecule has 1 saturated heterocycles. The van der Waals surface area contributed by atoms with E-state index in [1.54, 1.807) is 37.4 Å². The van der Waals surface area contributed by atoms with Crippen molar-refractivity contribution in [2.75, 3.05) is 26.7 Å². The number of nitrogens with one attached hydrogen (secondary N) is 3. The van der Waals surface area contributed by atoms with E-state index in [1.807, 2.05) is 0 Å². The van der Waals surface area contributed by atoms with Crippen molar-refractivity contribution >= 4 is 17.8 Å². The quantitative estimate of drug-likeness (QED) is 0.484. The smallest absolute Gasteiger partial charge is 0.353 e. The fourth-order valence-corrected chi connectivity index (χ4v) is 3.21. The van der Waals surface area contributed by atoms with Gasteiger partial charge in [0, 0.05) is 38.8 Å². The zero-order valence-corrected chi connectivity index (χ0v) is 17.5. The summed E-state index contributed by atoms with van der Waals surface area (Å²) in [6.45, 7) is 1.56. The zero-order valence-electron chi connectivity index (χ0n) is 17.5. The van der Waals surface area contributed by atoms with E-state index >= 15 is 0 Å². The summed E-state index contributed by atoms with van der Waals surface area (Å²) in [5.41, 5.74) is 1.17. The number of carbonyl (C=O) groups is 2. The molecule has 1 aliphatic rings. The predicted octanol–water partition coefficient (Wildman–Crippen LogP) is 2.14. The number of carbonyl (C=O) groups excluding carboxylic acids is 2. The number of halogens is 3. The van der Waals surface area contributed by atoms with E-state index in [0.717, 1.165) is 17.7 Å². The number of benzene rings is 2. The molecular weight excluding hydrogens is 423 g/mol. The summed E-state index contributed by atoms with van der Waals surface area (Å²) in [5, 5.41) is 8.75. The van der Waals surface area contributed by atoms with Crippen LogP contribution in [0.25, 0.3) is 0 Å². The summed E-state index contributed by atoms with van der Waals surface area (Å²) in [6, 6.07) is 12.1. The molecule has 2 aromatic rings. The van der Waals surface area contributed by atoms with Crippen LogP contribution in [0.4, 0.5) is 13.2 Å². The number of hydrogen-bond acceptors (Lipinski definition) is 3. The lowest BCUT2D eigenvalue weighted by atomic mass is 10.1. The van der Waals surface area contributed by atoms with Gasteiger partial charge in [-0.2, -0.15) is 13.2 Å². The fourth-order valence-electron chi connectivity index (χ4n) is 3.21. The van der Waals surface area contributed by atoms with Crippen molar-refractivity contribution in [1.82, 2.24) is 20.9 Å². The molecule has 0 spiro atoms.